The van der Waals surface area contributed by atoms with Crippen molar-refractivity contribution in [2.24, 2.45) is 5.92 Å². The molecule has 0 aliphatic carbocycles. The number of aryl methyl sites for hydroxylation is 1. The predicted octanol–water partition coefficient (Wildman–Crippen LogP) is 4.21. The summed E-state index contributed by atoms with van der Waals surface area (Å²) in [6, 6.07) is 8.44. The molecular formula is C15H22N2. The second-order valence-corrected chi connectivity index (χ2v) is 5.45. The standard InChI is InChI=1S/C15H22N2/c1-11(2)9-10-17-14-8-6-5-7-13(14)16-15(17)12(3)4/h5-8,11-12H,9-10H2,1-4H3. The molecule has 0 amide bonds. The zero-order chi connectivity index (χ0) is 12.4. The Morgan fingerprint density at radius 2 is 1.82 bits per heavy atom. The van der Waals surface area contributed by atoms with Crippen molar-refractivity contribution >= 4 is 11.0 Å². The van der Waals surface area contributed by atoms with Crippen LogP contribution in [0.4, 0.5) is 0 Å². The van der Waals surface area contributed by atoms with Gasteiger partial charge in [-0.3, -0.25) is 0 Å². The average molecular weight is 230 g/mol. The zero-order valence-electron chi connectivity index (χ0n) is 11.3. The van der Waals surface area contributed by atoms with Crippen LogP contribution in [0.15, 0.2) is 24.3 Å². The van der Waals surface area contributed by atoms with Crippen molar-refractivity contribution in [1.29, 1.82) is 0 Å². The number of nitrogens with zero attached hydrogens (tertiary/aromatic N) is 2. The molecule has 2 nitrogen and oxygen atoms in total. The fraction of sp³-hybridized carbons (Fsp3) is 0.533. The van der Waals surface area contributed by atoms with Gasteiger partial charge in [-0.05, 0) is 24.5 Å². The summed E-state index contributed by atoms with van der Waals surface area (Å²) in [5, 5.41) is 0. The minimum absolute atomic E-state index is 0.481. The van der Waals surface area contributed by atoms with Crippen LogP contribution in [0.2, 0.25) is 0 Å². The van der Waals surface area contributed by atoms with Crippen LogP contribution in [-0.2, 0) is 6.54 Å². The number of benzene rings is 1. The number of imidazole rings is 1. The Bertz CT molecular complexity index is 495. The van der Waals surface area contributed by atoms with Crippen molar-refractivity contribution in [3.63, 3.8) is 0 Å². The van der Waals surface area contributed by atoms with E-state index in [0.717, 1.165) is 18.0 Å². The Hall–Kier alpha value is -1.31. The molecule has 0 radical (unpaired) electrons. The molecule has 1 aromatic carbocycles. The molecule has 0 fully saturated rings. The first-order valence-corrected chi connectivity index (χ1v) is 6.54. The van der Waals surface area contributed by atoms with Crippen molar-refractivity contribution in [3.05, 3.63) is 30.1 Å². The first-order valence-electron chi connectivity index (χ1n) is 6.54. The fourth-order valence-electron chi connectivity index (χ4n) is 2.16. The fourth-order valence-corrected chi connectivity index (χ4v) is 2.16. The molecule has 0 aliphatic heterocycles. The van der Waals surface area contributed by atoms with E-state index in [-0.39, 0.29) is 0 Å². The van der Waals surface area contributed by atoms with Gasteiger partial charge in [0, 0.05) is 12.5 Å². The third-order valence-corrected chi connectivity index (χ3v) is 3.13. The quantitative estimate of drug-likeness (QED) is 0.769. The molecule has 0 unspecified atom stereocenters. The number of hydrogen-bond donors (Lipinski definition) is 0. The van der Waals surface area contributed by atoms with Gasteiger partial charge in [0.05, 0.1) is 11.0 Å². The van der Waals surface area contributed by atoms with E-state index in [4.69, 9.17) is 4.98 Å². The lowest BCUT2D eigenvalue weighted by molar-refractivity contribution is 0.506. The van der Waals surface area contributed by atoms with Gasteiger partial charge in [-0.15, -0.1) is 0 Å². The summed E-state index contributed by atoms with van der Waals surface area (Å²) in [4.78, 5) is 4.75. The lowest BCUT2D eigenvalue weighted by Crippen LogP contribution is -2.07. The van der Waals surface area contributed by atoms with Gasteiger partial charge < -0.3 is 4.57 Å². The number of rotatable bonds is 4. The van der Waals surface area contributed by atoms with E-state index < -0.39 is 0 Å². The summed E-state index contributed by atoms with van der Waals surface area (Å²) in [5.41, 5.74) is 2.40. The maximum atomic E-state index is 4.75. The van der Waals surface area contributed by atoms with Crippen molar-refractivity contribution < 1.29 is 0 Å². The molecule has 0 saturated carbocycles. The SMILES string of the molecule is CC(C)CCn1c(C(C)C)nc2ccccc21. The van der Waals surface area contributed by atoms with Crippen LogP contribution in [0.25, 0.3) is 11.0 Å². The zero-order valence-corrected chi connectivity index (χ0v) is 11.3. The highest BCUT2D eigenvalue weighted by molar-refractivity contribution is 5.76. The Morgan fingerprint density at radius 3 is 2.47 bits per heavy atom. The van der Waals surface area contributed by atoms with E-state index in [0.29, 0.717) is 5.92 Å². The summed E-state index contributed by atoms with van der Waals surface area (Å²) in [6.07, 6.45) is 1.21. The largest absolute Gasteiger partial charge is 0.328 e. The van der Waals surface area contributed by atoms with Gasteiger partial charge in [0.25, 0.3) is 0 Å². The molecule has 2 rings (SSSR count). The maximum Gasteiger partial charge on any atom is 0.112 e. The minimum atomic E-state index is 0.481. The third-order valence-electron chi connectivity index (χ3n) is 3.13. The van der Waals surface area contributed by atoms with Crippen molar-refractivity contribution in [2.45, 2.75) is 46.6 Å². The highest BCUT2D eigenvalue weighted by Crippen LogP contribution is 2.22. The predicted molar refractivity (Wildman–Crippen MR) is 73.3 cm³/mol. The summed E-state index contributed by atoms with van der Waals surface area (Å²) in [7, 11) is 0. The van der Waals surface area contributed by atoms with E-state index in [1.807, 2.05) is 0 Å². The molecule has 0 N–H and O–H groups in total. The summed E-state index contributed by atoms with van der Waals surface area (Å²) >= 11 is 0. The number of fused-ring (bicyclic) bond motifs is 1. The molecular weight excluding hydrogens is 208 g/mol. The monoisotopic (exact) mass is 230 g/mol. The van der Waals surface area contributed by atoms with Crippen LogP contribution in [0.5, 0.6) is 0 Å². The van der Waals surface area contributed by atoms with Crippen molar-refractivity contribution in [3.8, 4) is 0 Å². The molecule has 0 aliphatic rings. The number of aromatic nitrogens is 2. The van der Waals surface area contributed by atoms with Gasteiger partial charge >= 0.3 is 0 Å². The van der Waals surface area contributed by atoms with Crippen LogP contribution < -0.4 is 0 Å². The molecule has 92 valence electrons. The first-order chi connectivity index (χ1) is 8.09. The van der Waals surface area contributed by atoms with Crippen molar-refractivity contribution in [2.75, 3.05) is 0 Å². The number of hydrogen-bond acceptors (Lipinski definition) is 1. The van der Waals surface area contributed by atoms with Crippen LogP contribution in [0.1, 0.15) is 45.9 Å². The lowest BCUT2D eigenvalue weighted by Gasteiger charge is -2.12. The van der Waals surface area contributed by atoms with Gasteiger partial charge in [-0.25, -0.2) is 4.98 Å². The third kappa shape index (κ3) is 2.51. The van der Waals surface area contributed by atoms with E-state index in [2.05, 4.69) is 56.5 Å². The molecule has 2 aromatic rings. The molecule has 2 heteroatoms. The highest BCUT2D eigenvalue weighted by Gasteiger charge is 2.13. The first kappa shape index (κ1) is 12.2. The van der Waals surface area contributed by atoms with Gasteiger partial charge in [-0.2, -0.15) is 0 Å². The van der Waals surface area contributed by atoms with Gasteiger partial charge in [-0.1, -0.05) is 39.8 Å². The molecule has 0 bridgehead atoms. The van der Waals surface area contributed by atoms with Crippen LogP contribution in [-0.4, -0.2) is 9.55 Å². The molecule has 0 saturated heterocycles. The topological polar surface area (TPSA) is 17.8 Å². The second kappa shape index (κ2) is 4.91. The molecule has 17 heavy (non-hydrogen) atoms. The molecule has 0 spiro atoms. The summed E-state index contributed by atoms with van der Waals surface area (Å²) in [6.45, 7) is 10.0. The second-order valence-electron chi connectivity index (χ2n) is 5.45. The Kier molecular flexibility index (Phi) is 3.51. The van der Waals surface area contributed by atoms with E-state index >= 15 is 0 Å². The molecule has 0 atom stereocenters. The van der Waals surface area contributed by atoms with Crippen molar-refractivity contribution in [1.82, 2.24) is 9.55 Å². The van der Waals surface area contributed by atoms with E-state index in [1.165, 1.54) is 17.8 Å². The maximum absolute atomic E-state index is 4.75. The lowest BCUT2D eigenvalue weighted by atomic mass is 10.1. The average Bonchev–Trinajstić information content (AvgIpc) is 2.65. The van der Waals surface area contributed by atoms with Crippen LogP contribution in [0, 0.1) is 5.92 Å². The Labute approximate surface area is 104 Å². The Balaban J connectivity index is 2.44. The molecule has 1 heterocycles. The highest BCUT2D eigenvalue weighted by atomic mass is 15.1. The van der Waals surface area contributed by atoms with E-state index in [1.54, 1.807) is 0 Å². The molecule has 1 aromatic heterocycles. The van der Waals surface area contributed by atoms with E-state index in [9.17, 15) is 0 Å². The normalized spacial score (nSPS) is 11.9. The van der Waals surface area contributed by atoms with Gasteiger partial charge in [0.2, 0.25) is 0 Å². The van der Waals surface area contributed by atoms with Crippen LogP contribution in [0.3, 0.4) is 0 Å². The summed E-state index contributed by atoms with van der Waals surface area (Å²) < 4.78 is 2.39. The van der Waals surface area contributed by atoms with Crippen LogP contribution >= 0.6 is 0 Å². The van der Waals surface area contributed by atoms with Gasteiger partial charge in [0.1, 0.15) is 5.82 Å². The number of para-hydroxylation sites is 2. The Morgan fingerprint density at radius 1 is 1.12 bits per heavy atom. The smallest absolute Gasteiger partial charge is 0.112 e. The minimum Gasteiger partial charge on any atom is -0.328 e. The van der Waals surface area contributed by atoms with Gasteiger partial charge in [0.15, 0.2) is 0 Å². The summed E-state index contributed by atoms with van der Waals surface area (Å²) in [5.74, 6) is 2.43.